The number of tetrazole rings is 1. The first-order valence-electron chi connectivity index (χ1n) is 13.1. The average Bonchev–Trinajstić information content (AvgIpc) is 3.63. The molecule has 1 aliphatic rings. The van der Waals surface area contributed by atoms with Crippen molar-refractivity contribution in [3.63, 3.8) is 0 Å². The standard InChI is InChI=1S/C27H28Cl2N8O4/c1-40-27(39)31-18-8-9-19-22(14-18)41-12-4-2-3-5-20(26-33-24(19)25(29)34-26)32-23(38)11-6-16-13-17(28)7-10-21(16)37-15-30-35-36-37/h7-10,13-15,20H,2-6,11-12H2,1H3,(H,31,39)(H,32,38)(H,33,34)/t20-/m0/s1. The summed E-state index contributed by atoms with van der Waals surface area (Å²) in [5.41, 5.74) is 3.27. The van der Waals surface area contributed by atoms with Crippen LogP contribution in [0.15, 0.2) is 42.7 Å². The Morgan fingerprint density at radius 3 is 2.85 bits per heavy atom. The normalized spacial score (nSPS) is 15.0. The van der Waals surface area contributed by atoms with Crippen molar-refractivity contribution in [2.24, 2.45) is 0 Å². The third kappa shape index (κ3) is 6.95. The van der Waals surface area contributed by atoms with E-state index in [1.54, 1.807) is 28.9 Å². The number of amides is 2. The van der Waals surface area contributed by atoms with Crippen LogP contribution in [0, 0.1) is 0 Å². The number of halogens is 2. The maximum atomic E-state index is 13.2. The Balaban J connectivity index is 1.35. The second-order valence-electron chi connectivity index (χ2n) is 9.46. The lowest BCUT2D eigenvalue weighted by molar-refractivity contribution is -0.121. The van der Waals surface area contributed by atoms with Crippen molar-refractivity contribution in [1.29, 1.82) is 0 Å². The van der Waals surface area contributed by atoms with Crippen LogP contribution < -0.4 is 15.4 Å². The minimum atomic E-state index is -0.584. The highest BCUT2D eigenvalue weighted by Crippen LogP contribution is 2.37. The topological polar surface area (TPSA) is 149 Å². The Morgan fingerprint density at radius 1 is 1.17 bits per heavy atom. The van der Waals surface area contributed by atoms with Gasteiger partial charge in [0, 0.05) is 28.8 Å². The molecular weight excluding hydrogens is 571 g/mol. The summed E-state index contributed by atoms with van der Waals surface area (Å²) in [6.45, 7) is 0.476. The van der Waals surface area contributed by atoms with E-state index in [0.717, 1.165) is 30.5 Å². The van der Waals surface area contributed by atoms with Gasteiger partial charge in [0.2, 0.25) is 5.91 Å². The van der Waals surface area contributed by atoms with Crippen molar-refractivity contribution in [2.75, 3.05) is 19.0 Å². The van der Waals surface area contributed by atoms with E-state index in [9.17, 15) is 9.59 Å². The Hall–Kier alpha value is -4.16. The molecule has 0 spiro atoms. The highest BCUT2D eigenvalue weighted by atomic mass is 35.5. The van der Waals surface area contributed by atoms with Gasteiger partial charge in [0.15, 0.2) is 0 Å². The lowest BCUT2D eigenvalue weighted by Gasteiger charge is -2.18. The number of rotatable bonds is 6. The third-order valence-electron chi connectivity index (χ3n) is 6.67. The van der Waals surface area contributed by atoms with Crippen molar-refractivity contribution in [2.45, 2.75) is 44.6 Å². The number of aryl methyl sites for hydroxylation is 1. The zero-order chi connectivity index (χ0) is 28.8. The first-order chi connectivity index (χ1) is 19.9. The van der Waals surface area contributed by atoms with E-state index in [1.807, 2.05) is 12.1 Å². The molecule has 2 aromatic carbocycles. The predicted molar refractivity (Wildman–Crippen MR) is 152 cm³/mol. The number of carbonyl (C=O) groups is 2. The largest absolute Gasteiger partial charge is 0.493 e. The maximum Gasteiger partial charge on any atom is 0.411 e. The average molecular weight is 599 g/mol. The van der Waals surface area contributed by atoms with Gasteiger partial charge in [0.1, 0.15) is 28.7 Å². The molecule has 1 aliphatic heterocycles. The summed E-state index contributed by atoms with van der Waals surface area (Å²) in [6, 6.07) is 10.2. The fraction of sp³-hybridized carbons (Fsp3) is 0.333. The zero-order valence-electron chi connectivity index (χ0n) is 22.2. The fourth-order valence-electron chi connectivity index (χ4n) is 4.65. The molecule has 1 atom stereocenters. The number of aromatic amines is 1. The quantitative estimate of drug-likeness (QED) is 0.271. The number of H-pyrrole nitrogens is 1. The molecule has 0 saturated heterocycles. The summed E-state index contributed by atoms with van der Waals surface area (Å²) < 4.78 is 12.3. The van der Waals surface area contributed by atoms with Gasteiger partial charge < -0.3 is 19.8 Å². The van der Waals surface area contributed by atoms with Gasteiger partial charge in [-0.05, 0) is 72.0 Å². The van der Waals surface area contributed by atoms with Crippen LogP contribution in [0.1, 0.15) is 49.5 Å². The number of benzene rings is 2. The molecule has 0 radical (unpaired) electrons. The SMILES string of the molecule is COC(=O)Nc1ccc2c(c1)OCCCCC[C@H](NC(=O)CCc1cc(Cl)ccc1-n1cnnn1)c1nc-2c(Cl)[nH]1. The molecule has 214 valence electrons. The van der Waals surface area contributed by atoms with E-state index < -0.39 is 6.09 Å². The number of hydrogen-bond donors (Lipinski definition) is 3. The van der Waals surface area contributed by atoms with Gasteiger partial charge >= 0.3 is 6.09 Å². The van der Waals surface area contributed by atoms with Crippen molar-refractivity contribution >= 4 is 40.9 Å². The fourth-order valence-corrected chi connectivity index (χ4v) is 5.08. The van der Waals surface area contributed by atoms with Gasteiger partial charge in [0.25, 0.3) is 0 Å². The molecule has 12 nitrogen and oxygen atoms in total. The van der Waals surface area contributed by atoms with E-state index in [0.29, 0.717) is 58.1 Å². The van der Waals surface area contributed by atoms with Crippen LogP contribution in [0.2, 0.25) is 10.2 Å². The minimum absolute atomic E-state index is 0.138. The van der Waals surface area contributed by atoms with E-state index in [-0.39, 0.29) is 18.4 Å². The van der Waals surface area contributed by atoms with E-state index in [1.165, 1.54) is 13.4 Å². The van der Waals surface area contributed by atoms with Gasteiger partial charge in [-0.2, -0.15) is 0 Å². The van der Waals surface area contributed by atoms with Crippen LogP contribution in [0.5, 0.6) is 5.75 Å². The van der Waals surface area contributed by atoms with Crippen molar-refractivity contribution in [1.82, 2.24) is 35.5 Å². The Bertz CT molecular complexity index is 1530. The molecule has 0 aliphatic carbocycles. The molecule has 3 N–H and O–H groups in total. The summed E-state index contributed by atoms with van der Waals surface area (Å²) in [5, 5.41) is 18.0. The summed E-state index contributed by atoms with van der Waals surface area (Å²) in [6.07, 6.45) is 4.80. The van der Waals surface area contributed by atoms with Gasteiger partial charge in [0.05, 0.1) is 25.4 Å². The monoisotopic (exact) mass is 598 g/mol. The summed E-state index contributed by atoms with van der Waals surface area (Å²) >= 11 is 12.8. The highest BCUT2D eigenvalue weighted by molar-refractivity contribution is 6.32. The summed E-state index contributed by atoms with van der Waals surface area (Å²) in [7, 11) is 1.30. The molecule has 5 rings (SSSR count). The molecule has 4 aromatic rings. The smallest absolute Gasteiger partial charge is 0.411 e. The van der Waals surface area contributed by atoms with Crippen LogP contribution in [0.4, 0.5) is 10.5 Å². The molecule has 14 heteroatoms. The zero-order valence-corrected chi connectivity index (χ0v) is 23.7. The predicted octanol–water partition coefficient (Wildman–Crippen LogP) is 5.28. The lowest BCUT2D eigenvalue weighted by Crippen LogP contribution is -2.29. The highest BCUT2D eigenvalue weighted by Gasteiger charge is 2.23. The number of ether oxygens (including phenoxy) is 2. The number of hydrogen-bond acceptors (Lipinski definition) is 8. The van der Waals surface area contributed by atoms with Crippen LogP contribution in [0.25, 0.3) is 16.9 Å². The first kappa shape index (κ1) is 28.4. The Morgan fingerprint density at radius 2 is 2.05 bits per heavy atom. The van der Waals surface area contributed by atoms with E-state index in [4.69, 9.17) is 32.9 Å². The number of carbonyl (C=O) groups excluding carboxylic acids is 2. The first-order valence-corrected chi connectivity index (χ1v) is 13.9. The summed E-state index contributed by atoms with van der Waals surface area (Å²) in [5.74, 6) is 0.944. The van der Waals surface area contributed by atoms with Crippen molar-refractivity contribution < 1.29 is 19.1 Å². The van der Waals surface area contributed by atoms with Crippen LogP contribution in [0.3, 0.4) is 0 Å². The number of anilines is 1. The van der Waals surface area contributed by atoms with Gasteiger partial charge in [-0.25, -0.2) is 14.5 Å². The lowest BCUT2D eigenvalue weighted by atomic mass is 10.0. The molecule has 2 amide bonds. The van der Waals surface area contributed by atoms with Crippen LogP contribution in [-0.2, 0) is 16.0 Å². The second-order valence-corrected chi connectivity index (χ2v) is 10.3. The number of fused-ring (bicyclic) bond motifs is 4. The molecule has 2 bridgehead atoms. The number of aromatic nitrogens is 6. The number of nitrogens with one attached hydrogen (secondary N) is 3. The summed E-state index contributed by atoms with van der Waals surface area (Å²) in [4.78, 5) is 32.8. The van der Waals surface area contributed by atoms with E-state index >= 15 is 0 Å². The van der Waals surface area contributed by atoms with Gasteiger partial charge in [-0.15, -0.1) is 5.10 Å². The van der Waals surface area contributed by atoms with Crippen molar-refractivity contribution in [3.05, 3.63) is 64.3 Å². The minimum Gasteiger partial charge on any atom is -0.493 e. The maximum absolute atomic E-state index is 13.2. The van der Waals surface area contributed by atoms with Crippen LogP contribution >= 0.6 is 23.2 Å². The molecule has 0 fully saturated rings. The Labute approximate surface area is 245 Å². The third-order valence-corrected chi connectivity index (χ3v) is 7.17. The molecular formula is C27H28Cl2N8O4. The van der Waals surface area contributed by atoms with Crippen molar-refractivity contribution in [3.8, 4) is 22.7 Å². The number of nitrogens with zero attached hydrogens (tertiary/aromatic N) is 5. The molecule has 2 aromatic heterocycles. The number of methoxy groups -OCH3 is 1. The molecule has 0 saturated carbocycles. The van der Waals surface area contributed by atoms with Gasteiger partial charge in [-0.1, -0.05) is 29.6 Å². The molecule has 3 heterocycles. The second kappa shape index (κ2) is 13.0. The van der Waals surface area contributed by atoms with Crippen LogP contribution in [-0.4, -0.2) is 55.9 Å². The van der Waals surface area contributed by atoms with Gasteiger partial charge in [-0.3, -0.25) is 10.1 Å². The molecule has 41 heavy (non-hydrogen) atoms. The number of imidazole rings is 1. The molecule has 0 unspecified atom stereocenters. The van der Waals surface area contributed by atoms with E-state index in [2.05, 4.69) is 35.9 Å². The Kier molecular flexibility index (Phi) is 9.00.